The zero-order valence-electron chi connectivity index (χ0n) is 9.24. The van der Waals surface area contributed by atoms with E-state index in [0.29, 0.717) is 0 Å². The van der Waals surface area contributed by atoms with Gasteiger partial charge < -0.3 is 19.8 Å². The summed E-state index contributed by atoms with van der Waals surface area (Å²) in [5, 5.41) is 21.7. The van der Waals surface area contributed by atoms with Crippen molar-refractivity contribution in [2.24, 2.45) is 0 Å². The number of amides is 1. The number of hydrogen-bond acceptors (Lipinski definition) is 7. The number of hydrogen-bond donors (Lipinski definition) is 0. The zero-order valence-corrected chi connectivity index (χ0v) is 10.9. The van der Waals surface area contributed by atoms with Gasteiger partial charge in [-0.1, -0.05) is 24.0 Å². The number of thioether (sulfide) groups is 1. The highest BCUT2D eigenvalue weighted by atomic mass is 32.2. The van der Waals surface area contributed by atoms with Gasteiger partial charge in [-0.25, -0.2) is 0 Å². The van der Waals surface area contributed by atoms with Crippen LogP contribution >= 0.6 is 24.0 Å². The van der Waals surface area contributed by atoms with Gasteiger partial charge >= 0.3 is 0 Å². The molecule has 98 valence electrons. The summed E-state index contributed by atoms with van der Waals surface area (Å²) in [5.74, 6) is -3.30. The monoisotopic (exact) mass is 295 g/mol. The fourth-order valence-electron chi connectivity index (χ4n) is 1.58. The summed E-state index contributed by atoms with van der Waals surface area (Å²) in [5.41, 5.74) is -0.630. The summed E-state index contributed by atoms with van der Waals surface area (Å²) < 4.78 is 0.241. The van der Waals surface area contributed by atoms with Crippen molar-refractivity contribution in [2.75, 3.05) is 10.7 Å². The number of carboxylic acids is 2. The minimum Gasteiger partial charge on any atom is -0.545 e. The maximum Gasteiger partial charge on any atom is 0.243 e. The Morgan fingerprint density at radius 1 is 1.16 bits per heavy atom. The Kier molecular flexibility index (Phi) is 3.54. The quantitative estimate of drug-likeness (QED) is 0.644. The van der Waals surface area contributed by atoms with Crippen molar-refractivity contribution in [3.8, 4) is 0 Å². The van der Waals surface area contributed by atoms with Crippen LogP contribution in [0.1, 0.15) is 20.7 Å². The topological polar surface area (TPSA) is 101 Å². The molecule has 0 aliphatic carbocycles. The zero-order chi connectivity index (χ0) is 14.2. The molecule has 1 aromatic rings. The van der Waals surface area contributed by atoms with E-state index in [-0.39, 0.29) is 32.8 Å². The van der Waals surface area contributed by atoms with Gasteiger partial charge in [0.1, 0.15) is 4.32 Å². The van der Waals surface area contributed by atoms with Crippen molar-refractivity contribution < 1.29 is 24.6 Å². The molecule has 2 rings (SSSR count). The molecule has 1 amide bonds. The first-order valence-electron chi connectivity index (χ1n) is 4.97. The van der Waals surface area contributed by atoms with Gasteiger partial charge in [0.25, 0.3) is 0 Å². The van der Waals surface area contributed by atoms with Gasteiger partial charge in [-0.2, -0.15) is 0 Å². The third-order valence-corrected chi connectivity index (χ3v) is 3.76. The van der Waals surface area contributed by atoms with Crippen LogP contribution in [0.3, 0.4) is 0 Å². The first-order chi connectivity index (χ1) is 8.90. The summed E-state index contributed by atoms with van der Waals surface area (Å²) in [4.78, 5) is 34.4. The SMILES string of the molecule is O=C([O-])c1cc(C(=O)[O-])cc(N2C(=O)CSC2=S)c1. The van der Waals surface area contributed by atoms with Crippen molar-refractivity contribution in [2.45, 2.75) is 0 Å². The molecule has 19 heavy (non-hydrogen) atoms. The first-order valence-corrected chi connectivity index (χ1v) is 6.37. The summed E-state index contributed by atoms with van der Waals surface area (Å²) in [6.45, 7) is 0. The van der Waals surface area contributed by atoms with Crippen molar-refractivity contribution in [3.05, 3.63) is 29.3 Å². The van der Waals surface area contributed by atoms with E-state index >= 15 is 0 Å². The highest BCUT2D eigenvalue weighted by Crippen LogP contribution is 2.28. The molecule has 1 saturated heterocycles. The Balaban J connectivity index is 2.56. The first kappa shape index (κ1) is 13.5. The summed E-state index contributed by atoms with van der Waals surface area (Å²) in [6, 6.07) is 3.18. The van der Waals surface area contributed by atoms with Gasteiger partial charge in [-0.15, -0.1) is 0 Å². The number of benzene rings is 1. The van der Waals surface area contributed by atoms with Gasteiger partial charge in [0.2, 0.25) is 5.91 Å². The number of carbonyl (C=O) groups is 3. The number of thiocarbonyl (C=S) groups is 1. The standard InChI is InChI=1S/C11H7NO5S2/c13-8-4-19-11(18)12(8)7-2-5(9(14)15)1-6(3-7)10(16)17/h1-3H,4H2,(H,14,15)(H,16,17)/p-2. The van der Waals surface area contributed by atoms with Gasteiger partial charge in [0.05, 0.1) is 23.4 Å². The summed E-state index contributed by atoms with van der Waals surface area (Å²) in [7, 11) is 0. The van der Waals surface area contributed by atoms with E-state index in [0.717, 1.165) is 34.9 Å². The van der Waals surface area contributed by atoms with Crippen molar-refractivity contribution >= 4 is 51.8 Å². The van der Waals surface area contributed by atoms with E-state index in [9.17, 15) is 24.6 Å². The average molecular weight is 295 g/mol. The van der Waals surface area contributed by atoms with E-state index in [1.165, 1.54) is 0 Å². The molecule has 0 unspecified atom stereocenters. The fourth-order valence-corrected chi connectivity index (χ4v) is 2.68. The number of carboxylic acid groups (broad SMARTS) is 2. The minimum absolute atomic E-state index is 0.0842. The van der Waals surface area contributed by atoms with E-state index in [1.807, 2.05) is 0 Å². The van der Waals surface area contributed by atoms with E-state index in [2.05, 4.69) is 0 Å². The molecule has 8 heteroatoms. The van der Waals surface area contributed by atoms with Crippen LogP contribution in [-0.4, -0.2) is 27.9 Å². The minimum atomic E-state index is -1.55. The molecule has 1 heterocycles. The van der Waals surface area contributed by atoms with Crippen LogP contribution in [0.4, 0.5) is 5.69 Å². The largest absolute Gasteiger partial charge is 0.545 e. The van der Waals surface area contributed by atoms with Crippen LogP contribution in [0.15, 0.2) is 18.2 Å². The Morgan fingerprint density at radius 2 is 1.68 bits per heavy atom. The second-order valence-electron chi connectivity index (χ2n) is 3.63. The van der Waals surface area contributed by atoms with Crippen molar-refractivity contribution in [1.29, 1.82) is 0 Å². The molecule has 0 N–H and O–H groups in total. The molecule has 1 fully saturated rings. The lowest BCUT2D eigenvalue weighted by molar-refractivity contribution is -0.255. The lowest BCUT2D eigenvalue weighted by atomic mass is 10.1. The van der Waals surface area contributed by atoms with Crippen LogP contribution < -0.4 is 15.1 Å². The average Bonchev–Trinajstić information content (AvgIpc) is 2.68. The van der Waals surface area contributed by atoms with Gasteiger partial charge in [-0.05, 0) is 29.3 Å². The molecule has 0 radical (unpaired) electrons. The molecule has 0 bridgehead atoms. The third-order valence-electron chi connectivity index (χ3n) is 2.40. The van der Waals surface area contributed by atoms with E-state index in [1.54, 1.807) is 0 Å². The molecule has 1 aromatic carbocycles. The lowest BCUT2D eigenvalue weighted by Gasteiger charge is -2.18. The number of aromatic carboxylic acids is 2. The molecule has 1 aliphatic heterocycles. The van der Waals surface area contributed by atoms with Crippen LogP contribution in [0.5, 0.6) is 0 Å². The Bertz CT molecular complexity index is 565. The maximum atomic E-state index is 11.6. The second-order valence-corrected chi connectivity index (χ2v) is 5.24. The van der Waals surface area contributed by atoms with Gasteiger partial charge in [0, 0.05) is 0 Å². The molecule has 0 aromatic heterocycles. The van der Waals surface area contributed by atoms with Gasteiger partial charge in [-0.3, -0.25) is 9.69 Å². The van der Waals surface area contributed by atoms with Crippen LogP contribution in [0.25, 0.3) is 0 Å². The fraction of sp³-hybridized carbons (Fsp3) is 0.0909. The maximum absolute atomic E-state index is 11.6. The van der Waals surface area contributed by atoms with E-state index < -0.39 is 11.9 Å². The number of rotatable bonds is 3. The molecular formula is C11H5NO5S2-2. The number of anilines is 1. The second kappa shape index (κ2) is 4.98. The molecule has 1 aliphatic rings. The van der Waals surface area contributed by atoms with Crippen molar-refractivity contribution in [1.82, 2.24) is 0 Å². The lowest BCUT2D eigenvalue weighted by Crippen LogP contribution is -2.30. The Morgan fingerprint density at radius 3 is 2.05 bits per heavy atom. The van der Waals surface area contributed by atoms with Crippen LogP contribution in [-0.2, 0) is 4.79 Å². The normalized spacial score (nSPS) is 14.8. The highest BCUT2D eigenvalue weighted by molar-refractivity contribution is 8.24. The smallest absolute Gasteiger partial charge is 0.243 e. The summed E-state index contributed by atoms with van der Waals surface area (Å²) >= 11 is 6.08. The third kappa shape index (κ3) is 2.59. The molecule has 6 nitrogen and oxygen atoms in total. The van der Waals surface area contributed by atoms with Crippen molar-refractivity contribution in [3.63, 3.8) is 0 Å². The molecule has 0 spiro atoms. The van der Waals surface area contributed by atoms with Gasteiger partial charge in [0.15, 0.2) is 0 Å². The molecular weight excluding hydrogens is 290 g/mol. The predicted molar refractivity (Wildman–Crippen MR) is 67.6 cm³/mol. The predicted octanol–water partition coefficient (Wildman–Crippen LogP) is -1.22. The Hall–Kier alpha value is -1.93. The number of nitrogens with zero attached hydrogens (tertiary/aromatic N) is 1. The Labute approximate surface area is 117 Å². The highest BCUT2D eigenvalue weighted by Gasteiger charge is 2.28. The number of carbonyl (C=O) groups excluding carboxylic acids is 3. The van der Waals surface area contributed by atoms with Crippen LogP contribution in [0, 0.1) is 0 Å². The summed E-state index contributed by atoms with van der Waals surface area (Å²) in [6.07, 6.45) is 0. The van der Waals surface area contributed by atoms with Crippen LogP contribution in [0.2, 0.25) is 0 Å². The molecule has 0 atom stereocenters. The van der Waals surface area contributed by atoms with E-state index in [4.69, 9.17) is 12.2 Å². The molecule has 0 saturated carbocycles.